The lowest BCUT2D eigenvalue weighted by molar-refractivity contribution is 0.471. The van der Waals surface area contributed by atoms with E-state index in [0.717, 1.165) is 9.13 Å². The normalized spacial score (nSPS) is 11.4. The third-order valence-electron chi connectivity index (χ3n) is 2.74. The van der Waals surface area contributed by atoms with Crippen molar-refractivity contribution >= 4 is 51.0 Å². The minimum atomic E-state index is -0.0869. The first-order chi connectivity index (χ1) is 9.63. The highest BCUT2D eigenvalue weighted by Gasteiger charge is 2.01. The van der Waals surface area contributed by atoms with Crippen molar-refractivity contribution in [2.75, 3.05) is 0 Å². The van der Waals surface area contributed by atoms with E-state index >= 15 is 0 Å². The van der Waals surface area contributed by atoms with Gasteiger partial charge >= 0.3 is 0 Å². The molecule has 4 nitrogen and oxygen atoms in total. The number of halogens is 1. The van der Waals surface area contributed by atoms with E-state index in [4.69, 9.17) is 0 Å². The third-order valence-corrected chi connectivity index (χ3v) is 4.36. The van der Waals surface area contributed by atoms with Crippen molar-refractivity contribution < 1.29 is 5.11 Å². The summed E-state index contributed by atoms with van der Waals surface area (Å²) in [7, 11) is 0. The molecule has 3 rings (SSSR count). The Labute approximate surface area is 132 Å². The molecule has 0 saturated heterocycles. The van der Waals surface area contributed by atoms with Crippen molar-refractivity contribution in [2.24, 2.45) is 0 Å². The summed E-state index contributed by atoms with van der Waals surface area (Å²) in [6, 6.07) is 6.82. The number of nitrogens with zero attached hydrogens (tertiary/aromatic N) is 2. The van der Waals surface area contributed by atoms with Gasteiger partial charge in [-0.1, -0.05) is 12.1 Å². The Balaban J connectivity index is 1.97. The number of hydrogen-bond acceptors (Lipinski definition) is 4. The SMILES string of the molecule is O=c1cc(/C=C/c2ccc(O)c(I)c2)nc2sccn12. The largest absolute Gasteiger partial charge is 0.507 e. The van der Waals surface area contributed by atoms with Gasteiger partial charge in [-0.2, -0.15) is 0 Å². The number of thiazole rings is 1. The second kappa shape index (κ2) is 5.37. The number of phenolic OH excluding ortho intramolecular Hbond substituents is 1. The topological polar surface area (TPSA) is 54.6 Å². The highest BCUT2D eigenvalue weighted by Crippen LogP contribution is 2.21. The molecular formula is C14H9IN2O2S. The summed E-state index contributed by atoms with van der Waals surface area (Å²) in [4.78, 5) is 16.9. The van der Waals surface area contributed by atoms with Gasteiger partial charge in [-0.05, 0) is 46.4 Å². The number of rotatable bonds is 2. The minimum absolute atomic E-state index is 0.0869. The van der Waals surface area contributed by atoms with E-state index in [1.54, 1.807) is 18.3 Å². The van der Waals surface area contributed by atoms with Crippen LogP contribution < -0.4 is 5.56 Å². The molecule has 0 amide bonds. The summed E-state index contributed by atoms with van der Waals surface area (Å²) >= 11 is 3.49. The van der Waals surface area contributed by atoms with Crippen LogP contribution in [-0.2, 0) is 0 Å². The van der Waals surface area contributed by atoms with Crippen LogP contribution in [0.4, 0.5) is 0 Å². The molecule has 0 atom stereocenters. The van der Waals surface area contributed by atoms with Crippen LogP contribution in [0, 0.1) is 3.57 Å². The second-order valence-corrected chi connectivity index (χ2v) is 6.15. The first kappa shape index (κ1) is 13.3. The lowest BCUT2D eigenvalue weighted by Crippen LogP contribution is -2.11. The maximum atomic E-state index is 11.8. The fourth-order valence-corrected chi connectivity index (χ4v) is 3.02. The first-order valence-corrected chi connectivity index (χ1v) is 7.73. The van der Waals surface area contributed by atoms with Crippen molar-refractivity contribution in [2.45, 2.75) is 0 Å². The van der Waals surface area contributed by atoms with Crippen LogP contribution in [0.1, 0.15) is 11.3 Å². The van der Waals surface area contributed by atoms with Crippen LogP contribution in [0.15, 0.2) is 40.6 Å². The van der Waals surface area contributed by atoms with Gasteiger partial charge in [-0.3, -0.25) is 9.20 Å². The smallest absolute Gasteiger partial charge is 0.259 e. The number of benzene rings is 1. The van der Waals surface area contributed by atoms with Gasteiger partial charge in [0.15, 0.2) is 4.96 Å². The quantitative estimate of drug-likeness (QED) is 0.677. The van der Waals surface area contributed by atoms with Gasteiger partial charge in [-0.25, -0.2) is 4.98 Å². The Morgan fingerprint density at radius 3 is 2.95 bits per heavy atom. The van der Waals surface area contributed by atoms with Gasteiger partial charge in [0.1, 0.15) is 5.75 Å². The van der Waals surface area contributed by atoms with E-state index in [1.165, 1.54) is 21.8 Å². The summed E-state index contributed by atoms with van der Waals surface area (Å²) in [6.45, 7) is 0. The lowest BCUT2D eigenvalue weighted by atomic mass is 10.2. The monoisotopic (exact) mass is 396 g/mol. The summed E-state index contributed by atoms with van der Waals surface area (Å²) in [5.74, 6) is 0.263. The maximum Gasteiger partial charge on any atom is 0.259 e. The van der Waals surface area contributed by atoms with Crippen LogP contribution in [0.2, 0.25) is 0 Å². The zero-order chi connectivity index (χ0) is 14.1. The van der Waals surface area contributed by atoms with Gasteiger partial charge in [0.05, 0.1) is 9.26 Å². The van der Waals surface area contributed by atoms with Gasteiger partial charge < -0.3 is 5.11 Å². The van der Waals surface area contributed by atoms with Gasteiger partial charge in [0.2, 0.25) is 0 Å². The fraction of sp³-hybridized carbons (Fsp3) is 0. The van der Waals surface area contributed by atoms with Crippen molar-refractivity contribution in [1.82, 2.24) is 9.38 Å². The predicted molar refractivity (Wildman–Crippen MR) is 89.1 cm³/mol. The highest BCUT2D eigenvalue weighted by molar-refractivity contribution is 14.1. The Morgan fingerprint density at radius 2 is 2.15 bits per heavy atom. The standard InChI is InChI=1S/C14H9IN2O2S/c15-11-7-9(2-4-12(11)18)1-3-10-8-13(19)17-5-6-20-14(17)16-10/h1-8,18H/b3-1+. The number of fused-ring (bicyclic) bond motifs is 1. The van der Waals surface area contributed by atoms with Crippen molar-refractivity contribution in [3.05, 3.63) is 61.0 Å². The molecule has 0 fully saturated rings. The summed E-state index contributed by atoms with van der Waals surface area (Å²) in [5.41, 5.74) is 1.48. The van der Waals surface area contributed by atoms with Crippen molar-refractivity contribution in [3.8, 4) is 5.75 Å². The molecule has 0 saturated carbocycles. The van der Waals surface area contributed by atoms with Crippen molar-refractivity contribution in [3.63, 3.8) is 0 Å². The second-order valence-electron chi connectivity index (χ2n) is 4.12. The maximum absolute atomic E-state index is 11.8. The summed E-state index contributed by atoms with van der Waals surface area (Å²) < 4.78 is 2.30. The molecule has 2 heterocycles. The Kier molecular flexibility index (Phi) is 3.58. The van der Waals surface area contributed by atoms with Crippen LogP contribution in [0.3, 0.4) is 0 Å². The fourth-order valence-electron chi connectivity index (χ4n) is 1.75. The van der Waals surface area contributed by atoms with E-state index in [1.807, 2.05) is 23.6 Å². The molecule has 1 N–H and O–H groups in total. The number of hydrogen-bond donors (Lipinski definition) is 1. The van der Waals surface area contributed by atoms with Crippen LogP contribution in [-0.4, -0.2) is 14.5 Å². The van der Waals surface area contributed by atoms with Gasteiger partial charge in [0.25, 0.3) is 5.56 Å². The average Bonchev–Trinajstić information content (AvgIpc) is 2.89. The molecule has 0 spiro atoms. The molecule has 0 unspecified atom stereocenters. The Hall–Kier alpha value is -1.67. The van der Waals surface area contributed by atoms with E-state index in [9.17, 15) is 9.90 Å². The number of aromatic nitrogens is 2. The van der Waals surface area contributed by atoms with E-state index in [0.29, 0.717) is 10.7 Å². The van der Waals surface area contributed by atoms with E-state index < -0.39 is 0 Å². The number of aromatic hydroxyl groups is 1. The summed E-state index contributed by atoms with van der Waals surface area (Å²) in [5, 5.41) is 11.3. The molecule has 0 aliphatic carbocycles. The predicted octanol–water partition coefficient (Wildman–Crippen LogP) is 3.24. The number of phenols is 1. The lowest BCUT2D eigenvalue weighted by Gasteiger charge is -1.98. The molecule has 2 aromatic heterocycles. The third kappa shape index (κ3) is 2.61. The molecule has 1 aromatic carbocycles. The van der Waals surface area contributed by atoms with E-state index in [-0.39, 0.29) is 11.3 Å². The molecule has 0 aliphatic heterocycles. The molecule has 0 aliphatic rings. The molecule has 0 bridgehead atoms. The average molecular weight is 396 g/mol. The highest BCUT2D eigenvalue weighted by atomic mass is 127. The van der Waals surface area contributed by atoms with Crippen molar-refractivity contribution in [1.29, 1.82) is 0 Å². The zero-order valence-corrected chi connectivity index (χ0v) is 13.1. The van der Waals surface area contributed by atoms with Gasteiger partial charge in [-0.15, -0.1) is 11.3 Å². The van der Waals surface area contributed by atoms with E-state index in [2.05, 4.69) is 27.6 Å². The molecule has 6 heteroatoms. The van der Waals surface area contributed by atoms with Crippen LogP contribution >= 0.6 is 33.9 Å². The molecular weight excluding hydrogens is 387 g/mol. The molecule has 3 aromatic rings. The Bertz CT molecular complexity index is 867. The first-order valence-electron chi connectivity index (χ1n) is 5.77. The Morgan fingerprint density at radius 1 is 1.30 bits per heavy atom. The summed E-state index contributed by atoms with van der Waals surface area (Å²) in [6.07, 6.45) is 5.38. The minimum Gasteiger partial charge on any atom is -0.507 e. The molecule has 100 valence electrons. The zero-order valence-electron chi connectivity index (χ0n) is 10.2. The molecule has 20 heavy (non-hydrogen) atoms. The van der Waals surface area contributed by atoms with Gasteiger partial charge in [0, 0.05) is 17.6 Å². The van der Waals surface area contributed by atoms with Crippen LogP contribution in [0.25, 0.3) is 17.1 Å². The van der Waals surface area contributed by atoms with Crippen LogP contribution in [0.5, 0.6) is 5.75 Å². The molecule has 0 radical (unpaired) electrons.